The molecule has 0 spiro atoms. The minimum absolute atomic E-state index is 0.0409. The van der Waals surface area contributed by atoms with Crippen molar-refractivity contribution in [2.45, 2.75) is 6.92 Å². The molecule has 0 unspecified atom stereocenters. The van der Waals surface area contributed by atoms with Crippen molar-refractivity contribution in [1.82, 2.24) is 0 Å². The average Bonchev–Trinajstić information content (AvgIpc) is 2.26. The summed E-state index contributed by atoms with van der Waals surface area (Å²) >= 11 is 0. The molecular formula is C9H9N3O4. The van der Waals surface area contributed by atoms with Gasteiger partial charge in [-0.25, -0.2) is 4.79 Å². The largest absolute Gasteiger partial charge is 0.385 e. The quantitative estimate of drug-likeness (QED) is 0.271. The summed E-state index contributed by atoms with van der Waals surface area (Å²) in [7, 11) is 0. The Kier molecular flexibility index (Phi) is 3.54. The highest BCUT2D eigenvalue weighted by atomic mass is 16.7. The molecule has 2 N–H and O–H groups in total. The van der Waals surface area contributed by atoms with Gasteiger partial charge in [0, 0.05) is 12.1 Å². The molecule has 0 saturated carbocycles. The van der Waals surface area contributed by atoms with Gasteiger partial charge in [-0.1, -0.05) is 11.2 Å². The van der Waals surface area contributed by atoms with Gasteiger partial charge in [0.1, 0.15) is 5.84 Å². The van der Waals surface area contributed by atoms with Crippen molar-refractivity contribution in [3.8, 4) is 0 Å². The molecular weight excluding hydrogens is 214 g/mol. The van der Waals surface area contributed by atoms with Crippen molar-refractivity contribution in [2.24, 2.45) is 10.9 Å². The van der Waals surface area contributed by atoms with Crippen molar-refractivity contribution in [2.75, 3.05) is 0 Å². The zero-order chi connectivity index (χ0) is 12.1. The summed E-state index contributed by atoms with van der Waals surface area (Å²) in [5.74, 6) is -0.715. The number of rotatable bonds is 3. The van der Waals surface area contributed by atoms with Gasteiger partial charge in [-0.05, 0) is 13.0 Å². The van der Waals surface area contributed by atoms with Crippen LogP contribution in [0.5, 0.6) is 0 Å². The topological polar surface area (TPSA) is 108 Å². The lowest BCUT2D eigenvalue weighted by molar-refractivity contribution is -0.384. The number of non-ortho nitro benzene ring substituents is 1. The van der Waals surface area contributed by atoms with E-state index in [1.165, 1.54) is 25.1 Å². The summed E-state index contributed by atoms with van der Waals surface area (Å²) in [5.41, 5.74) is 5.01. The molecule has 0 heterocycles. The zero-order valence-electron chi connectivity index (χ0n) is 8.41. The number of hydrogen-bond acceptors (Lipinski definition) is 5. The first-order valence-electron chi connectivity index (χ1n) is 4.26. The van der Waals surface area contributed by atoms with Gasteiger partial charge in [0.05, 0.1) is 10.5 Å². The van der Waals surface area contributed by atoms with Crippen LogP contribution in [0.4, 0.5) is 5.69 Å². The van der Waals surface area contributed by atoms with Crippen LogP contribution in [0.25, 0.3) is 0 Å². The van der Waals surface area contributed by atoms with Gasteiger partial charge in [0.2, 0.25) is 0 Å². The van der Waals surface area contributed by atoms with Gasteiger partial charge < -0.3 is 10.6 Å². The fourth-order valence-corrected chi connectivity index (χ4v) is 0.913. The molecule has 0 fully saturated rings. The van der Waals surface area contributed by atoms with E-state index in [9.17, 15) is 14.9 Å². The van der Waals surface area contributed by atoms with Gasteiger partial charge in [-0.2, -0.15) is 0 Å². The summed E-state index contributed by atoms with van der Waals surface area (Å²) in [6.45, 7) is 1.45. The van der Waals surface area contributed by atoms with Gasteiger partial charge in [0.15, 0.2) is 0 Å². The molecule has 0 aliphatic carbocycles. The van der Waals surface area contributed by atoms with E-state index in [2.05, 4.69) is 9.99 Å². The van der Waals surface area contributed by atoms with Crippen molar-refractivity contribution in [3.05, 3.63) is 39.9 Å². The predicted octanol–water partition coefficient (Wildman–Crippen LogP) is 1.04. The molecule has 1 aromatic rings. The summed E-state index contributed by atoms with van der Waals surface area (Å²) in [4.78, 5) is 25.6. The van der Waals surface area contributed by atoms with Crippen molar-refractivity contribution >= 4 is 17.5 Å². The molecule has 0 aromatic heterocycles. The Morgan fingerprint density at radius 1 is 1.56 bits per heavy atom. The number of nitrogens with zero attached hydrogens (tertiary/aromatic N) is 2. The van der Waals surface area contributed by atoms with Crippen LogP contribution < -0.4 is 5.73 Å². The van der Waals surface area contributed by atoms with Crippen LogP contribution >= 0.6 is 0 Å². The number of hydrogen-bond donors (Lipinski definition) is 1. The van der Waals surface area contributed by atoms with E-state index in [1.54, 1.807) is 0 Å². The third-order valence-corrected chi connectivity index (χ3v) is 1.57. The van der Waals surface area contributed by atoms with Crippen LogP contribution in [0.15, 0.2) is 29.4 Å². The van der Waals surface area contributed by atoms with E-state index in [0.29, 0.717) is 0 Å². The molecule has 0 amide bonds. The number of carbonyl (C=O) groups excluding carboxylic acids is 1. The van der Waals surface area contributed by atoms with Crippen molar-refractivity contribution in [3.63, 3.8) is 0 Å². The second kappa shape index (κ2) is 4.87. The van der Waals surface area contributed by atoms with Gasteiger partial charge in [-0.3, -0.25) is 10.1 Å². The highest BCUT2D eigenvalue weighted by Gasteiger charge is 2.12. The standard InChI is InChI=1S/C9H9N3O4/c1-6(10)11-16-9(13)7-3-2-4-8(5-7)12(14)15/h2-5H,1H3,(H2,10,11). The van der Waals surface area contributed by atoms with E-state index < -0.39 is 10.9 Å². The molecule has 0 radical (unpaired) electrons. The number of oxime groups is 1. The Morgan fingerprint density at radius 3 is 2.81 bits per heavy atom. The Morgan fingerprint density at radius 2 is 2.25 bits per heavy atom. The molecule has 7 nitrogen and oxygen atoms in total. The number of nitro benzene ring substituents is 1. The maximum Gasteiger partial charge on any atom is 0.366 e. The van der Waals surface area contributed by atoms with Crippen LogP contribution in [0.3, 0.4) is 0 Å². The van der Waals surface area contributed by atoms with E-state index in [0.717, 1.165) is 6.07 Å². The summed E-state index contributed by atoms with van der Waals surface area (Å²) in [6, 6.07) is 5.14. The number of carbonyl (C=O) groups is 1. The van der Waals surface area contributed by atoms with E-state index in [1.807, 2.05) is 0 Å². The van der Waals surface area contributed by atoms with Crippen LogP contribution in [-0.2, 0) is 4.84 Å². The minimum atomic E-state index is -0.798. The fourth-order valence-electron chi connectivity index (χ4n) is 0.913. The Hall–Kier alpha value is -2.44. The van der Waals surface area contributed by atoms with Crippen LogP contribution in [0.1, 0.15) is 17.3 Å². The second-order valence-electron chi connectivity index (χ2n) is 2.92. The first-order chi connectivity index (χ1) is 7.50. The lowest BCUT2D eigenvalue weighted by atomic mass is 10.2. The maximum atomic E-state index is 11.3. The summed E-state index contributed by atoms with van der Waals surface area (Å²) in [6.07, 6.45) is 0. The van der Waals surface area contributed by atoms with E-state index >= 15 is 0 Å². The van der Waals surface area contributed by atoms with Gasteiger partial charge in [-0.15, -0.1) is 0 Å². The molecule has 0 saturated heterocycles. The Bertz CT molecular complexity index is 452. The molecule has 16 heavy (non-hydrogen) atoms. The number of nitro groups is 1. The normalized spacial score (nSPS) is 10.9. The predicted molar refractivity (Wildman–Crippen MR) is 55.8 cm³/mol. The molecule has 0 atom stereocenters. The number of nitrogens with two attached hydrogens (primary N) is 1. The lowest BCUT2D eigenvalue weighted by Gasteiger charge is -1.98. The van der Waals surface area contributed by atoms with Crippen LogP contribution in [-0.4, -0.2) is 16.7 Å². The van der Waals surface area contributed by atoms with Crippen LogP contribution in [0, 0.1) is 10.1 Å². The SMILES string of the molecule is C/C(N)=N\OC(=O)c1cccc([N+](=O)[O-])c1. The Labute approximate surface area is 90.6 Å². The Balaban J connectivity index is 2.88. The summed E-state index contributed by atoms with van der Waals surface area (Å²) in [5, 5.41) is 13.7. The van der Waals surface area contributed by atoms with Crippen molar-refractivity contribution < 1.29 is 14.6 Å². The second-order valence-corrected chi connectivity index (χ2v) is 2.92. The third kappa shape index (κ3) is 3.05. The zero-order valence-corrected chi connectivity index (χ0v) is 8.41. The monoisotopic (exact) mass is 223 g/mol. The minimum Gasteiger partial charge on any atom is -0.385 e. The number of amidine groups is 1. The third-order valence-electron chi connectivity index (χ3n) is 1.57. The van der Waals surface area contributed by atoms with Gasteiger partial charge in [0.25, 0.3) is 5.69 Å². The fraction of sp³-hybridized carbons (Fsp3) is 0.111. The van der Waals surface area contributed by atoms with E-state index in [4.69, 9.17) is 5.73 Å². The first-order valence-corrected chi connectivity index (χ1v) is 4.26. The molecule has 1 rings (SSSR count). The average molecular weight is 223 g/mol. The maximum absolute atomic E-state index is 11.3. The van der Waals surface area contributed by atoms with Crippen molar-refractivity contribution in [1.29, 1.82) is 0 Å². The van der Waals surface area contributed by atoms with Crippen LogP contribution in [0.2, 0.25) is 0 Å². The highest BCUT2D eigenvalue weighted by Crippen LogP contribution is 2.13. The molecule has 84 valence electrons. The lowest BCUT2D eigenvalue weighted by Crippen LogP contribution is -2.09. The summed E-state index contributed by atoms with van der Waals surface area (Å²) < 4.78 is 0. The highest BCUT2D eigenvalue weighted by molar-refractivity contribution is 5.90. The van der Waals surface area contributed by atoms with Gasteiger partial charge >= 0.3 is 5.97 Å². The molecule has 7 heteroatoms. The first kappa shape index (κ1) is 11.6. The molecule has 0 aliphatic heterocycles. The van der Waals surface area contributed by atoms with E-state index in [-0.39, 0.29) is 17.1 Å². The number of benzene rings is 1. The molecule has 0 aliphatic rings. The molecule has 0 bridgehead atoms. The molecule has 1 aromatic carbocycles. The smallest absolute Gasteiger partial charge is 0.366 e.